The zero-order valence-corrected chi connectivity index (χ0v) is 13.6. The van der Waals surface area contributed by atoms with Crippen LogP contribution >= 0.6 is 0 Å². The van der Waals surface area contributed by atoms with Crippen molar-refractivity contribution in [3.63, 3.8) is 0 Å². The fourth-order valence-corrected chi connectivity index (χ4v) is 2.86. The van der Waals surface area contributed by atoms with Crippen LogP contribution in [0.4, 0.5) is 10.2 Å². The van der Waals surface area contributed by atoms with Crippen molar-refractivity contribution in [2.75, 3.05) is 5.32 Å². The number of hydrogen-bond donors (Lipinski definition) is 1. The van der Waals surface area contributed by atoms with E-state index in [1.165, 1.54) is 6.07 Å². The highest BCUT2D eigenvalue weighted by atomic mass is 19.1. The molecular weight excluding hydrogens is 321 g/mol. The van der Waals surface area contributed by atoms with Crippen LogP contribution in [0.15, 0.2) is 53.2 Å². The first-order valence-corrected chi connectivity index (χ1v) is 8.05. The normalized spacial score (nSPS) is 15.0. The van der Waals surface area contributed by atoms with Crippen molar-refractivity contribution >= 4 is 11.7 Å². The van der Waals surface area contributed by atoms with Gasteiger partial charge in [0.25, 0.3) is 0 Å². The van der Waals surface area contributed by atoms with Crippen LogP contribution in [0, 0.1) is 12.7 Å². The number of anilines is 1. The lowest BCUT2D eigenvalue weighted by Crippen LogP contribution is -2.28. The number of amides is 1. The Morgan fingerprint density at radius 3 is 2.76 bits per heavy atom. The quantitative estimate of drug-likeness (QED) is 0.785. The van der Waals surface area contributed by atoms with E-state index in [2.05, 4.69) is 15.5 Å². The highest BCUT2D eigenvalue weighted by Crippen LogP contribution is 2.49. The second-order valence-electron chi connectivity index (χ2n) is 6.26. The third-order valence-corrected chi connectivity index (χ3v) is 4.57. The van der Waals surface area contributed by atoms with Crippen LogP contribution in [-0.4, -0.2) is 16.0 Å². The van der Waals surface area contributed by atoms with Crippen LogP contribution in [-0.2, 0) is 10.2 Å². The predicted molar refractivity (Wildman–Crippen MR) is 90.4 cm³/mol. The molecule has 0 aliphatic heterocycles. The van der Waals surface area contributed by atoms with Crippen molar-refractivity contribution in [2.24, 2.45) is 0 Å². The Balaban J connectivity index is 1.61. The van der Waals surface area contributed by atoms with Crippen LogP contribution < -0.4 is 5.32 Å². The molecule has 0 spiro atoms. The number of nitrogens with zero attached hydrogens (tertiary/aromatic N) is 2. The minimum absolute atomic E-state index is 0.164. The summed E-state index contributed by atoms with van der Waals surface area (Å²) >= 11 is 0. The first-order chi connectivity index (χ1) is 12.1. The number of nitrogens with one attached hydrogen (secondary N) is 1. The van der Waals surface area contributed by atoms with E-state index in [9.17, 15) is 9.18 Å². The van der Waals surface area contributed by atoms with E-state index in [0.717, 1.165) is 5.56 Å². The average Bonchev–Trinajstić information content (AvgIpc) is 3.28. The molecule has 0 bridgehead atoms. The summed E-state index contributed by atoms with van der Waals surface area (Å²) in [6.45, 7) is 1.88. The Morgan fingerprint density at radius 1 is 1.24 bits per heavy atom. The average molecular weight is 337 g/mol. The van der Waals surface area contributed by atoms with E-state index in [1.54, 1.807) is 30.5 Å². The van der Waals surface area contributed by atoms with Crippen LogP contribution in [0.3, 0.4) is 0 Å². The molecule has 3 aromatic rings. The molecule has 1 amide bonds. The van der Waals surface area contributed by atoms with Gasteiger partial charge in [0.1, 0.15) is 11.6 Å². The maximum Gasteiger partial charge on any atom is 0.237 e. The summed E-state index contributed by atoms with van der Waals surface area (Å²) in [5.74, 6) is 0.309. The molecule has 1 N–H and O–H groups in total. The van der Waals surface area contributed by atoms with Gasteiger partial charge in [-0.1, -0.05) is 23.4 Å². The molecule has 4 rings (SSSR count). The summed E-state index contributed by atoms with van der Waals surface area (Å²) in [6, 6.07) is 11.7. The van der Waals surface area contributed by atoms with Crippen LogP contribution in [0.5, 0.6) is 0 Å². The smallest absolute Gasteiger partial charge is 0.237 e. The number of aromatic nitrogens is 2. The molecule has 1 fully saturated rings. The highest BCUT2D eigenvalue weighted by Gasteiger charge is 2.54. The first-order valence-electron chi connectivity index (χ1n) is 8.05. The molecule has 0 radical (unpaired) electrons. The second kappa shape index (κ2) is 5.81. The van der Waals surface area contributed by atoms with Gasteiger partial charge in [0, 0.05) is 12.3 Å². The molecule has 2 aromatic heterocycles. The highest BCUT2D eigenvalue weighted by molar-refractivity contribution is 6.01. The monoisotopic (exact) mass is 337 g/mol. The predicted octanol–water partition coefficient (Wildman–Crippen LogP) is 3.85. The van der Waals surface area contributed by atoms with Gasteiger partial charge in [-0.3, -0.25) is 4.79 Å². The van der Waals surface area contributed by atoms with E-state index >= 15 is 0 Å². The minimum Gasteiger partial charge on any atom is -0.356 e. The van der Waals surface area contributed by atoms with Gasteiger partial charge in [-0.15, -0.1) is 0 Å². The molecule has 6 heteroatoms. The lowest BCUT2D eigenvalue weighted by molar-refractivity contribution is -0.118. The lowest BCUT2D eigenvalue weighted by Gasteiger charge is -2.13. The summed E-state index contributed by atoms with van der Waals surface area (Å²) in [7, 11) is 0. The van der Waals surface area contributed by atoms with Crippen molar-refractivity contribution in [3.8, 4) is 11.3 Å². The summed E-state index contributed by atoms with van der Waals surface area (Å²) < 4.78 is 19.2. The van der Waals surface area contributed by atoms with Gasteiger partial charge >= 0.3 is 0 Å². The molecule has 1 saturated carbocycles. The fraction of sp³-hybridized carbons (Fsp3) is 0.211. The standard InChI is InChI=1S/C19H16FN3O2/c1-12-5-4-10-21-17(12)22-18(24)19(8-9-19)16-11-15(25-23-16)13-6-2-3-7-14(13)20/h2-7,10-11H,8-9H2,1H3,(H,21,22,24). The van der Waals surface area contributed by atoms with Crippen molar-refractivity contribution in [3.05, 3.63) is 65.7 Å². The van der Waals surface area contributed by atoms with Crippen molar-refractivity contribution in [1.29, 1.82) is 0 Å². The molecule has 1 aromatic carbocycles. The van der Waals surface area contributed by atoms with Crippen LogP contribution in [0.2, 0.25) is 0 Å². The van der Waals surface area contributed by atoms with E-state index in [0.29, 0.717) is 35.7 Å². The Kier molecular flexibility index (Phi) is 3.60. The SMILES string of the molecule is Cc1cccnc1NC(=O)C1(c2cc(-c3ccccc3F)on2)CC1. The number of carbonyl (C=O) groups excluding carboxylic acids is 1. The third-order valence-electron chi connectivity index (χ3n) is 4.57. The molecule has 1 aliphatic carbocycles. The van der Waals surface area contributed by atoms with E-state index in [-0.39, 0.29) is 11.7 Å². The zero-order chi connectivity index (χ0) is 17.4. The van der Waals surface area contributed by atoms with Crippen molar-refractivity contribution in [1.82, 2.24) is 10.1 Å². The summed E-state index contributed by atoms with van der Waals surface area (Å²) in [6.07, 6.45) is 2.98. The number of halogens is 1. The van der Waals surface area contributed by atoms with Gasteiger partial charge in [-0.2, -0.15) is 0 Å². The van der Waals surface area contributed by atoms with Crippen LogP contribution in [0.1, 0.15) is 24.1 Å². The number of rotatable bonds is 4. The van der Waals surface area contributed by atoms with Gasteiger partial charge in [-0.25, -0.2) is 9.37 Å². The molecule has 25 heavy (non-hydrogen) atoms. The van der Waals surface area contributed by atoms with Crippen LogP contribution in [0.25, 0.3) is 11.3 Å². The van der Waals surface area contributed by atoms with Gasteiger partial charge < -0.3 is 9.84 Å². The number of hydrogen-bond acceptors (Lipinski definition) is 4. The van der Waals surface area contributed by atoms with E-state index in [4.69, 9.17) is 4.52 Å². The Hall–Kier alpha value is -3.02. The molecule has 5 nitrogen and oxygen atoms in total. The number of carbonyl (C=O) groups is 1. The minimum atomic E-state index is -0.725. The summed E-state index contributed by atoms with van der Waals surface area (Å²) in [5, 5.41) is 6.90. The number of pyridine rings is 1. The molecule has 0 unspecified atom stereocenters. The number of aryl methyl sites for hydroxylation is 1. The topological polar surface area (TPSA) is 68.0 Å². The Labute approximate surface area is 143 Å². The molecule has 1 aliphatic rings. The van der Waals surface area contributed by atoms with Gasteiger partial charge in [0.05, 0.1) is 16.7 Å². The molecule has 2 heterocycles. The second-order valence-corrected chi connectivity index (χ2v) is 6.26. The maximum absolute atomic E-state index is 13.9. The van der Waals surface area contributed by atoms with Gasteiger partial charge in [0.2, 0.25) is 5.91 Å². The zero-order valence-electron chi connectivity index (χ0n) is 13.6. The first kappa shape index (κ1) is 15.5. The molecule has 0 saturated heterocycles. The molecule has 126 valence electrons. The van der Waals surface area contributed by atoms with Gasteiger partial charge in [0.15, 0.2) is 5.76 Å². The largest absolute Gasteiger partial charge is 0.356 e. The van der Waals surface area contributed by atoms with E-state index in [1.807, 2.05) is 19.1 Å². The fourth-order valence-electron chi connectivity index (χ4n) is 2.86. The van der Waals surface area contributed by atoms with Crippen molar-refractivity contribution in [2.45, 2.75) is 25.2 Å². The lowest BCUT2D eigenvalue weighted by atomic mass is 10.00. The maximum atomic E-state index is 13.9. The Morgan fingerprint density at radius 2 is 2.04 bits per heavy atom. The summed E-state index contributed by atoms with van der Waals surface area (Å²) in [4.78, 5) is 16.9. The molecular formula is C19H16FN3O2. The Bertz CT molecular complexity index is 947. The third kappa shape index (κ3) is 2.69. The summed E-state index contributed by atoms with van der Waals surface area (Å²) in [5.41, 5.74) is 1.02. The van der Waals surface area contributed by atoms with Crippen molar-refractivity contribution < 1.29 is 13.7 Å². The van der Waals surface area contributed by atoms with Gasteiger partial charge in [-0.05, 0) is 43.5 Å². The number of benzene rings is 1. The van der Waals surface area contributed by atoms with E-state index < -0.39 is 5.41 Å². The molecule has 0 atom stereocenters.